The Labute approximate surface area is 165 Å². The van der Waals surface area contributed by atoms with E-state index in [9.17, 15) is 9.59 Å². The van der Waals surface area contributed by atoms with Crippen LogP contribution in [0.25, 0.3) is 0 Å². The van der Waals surface area contributed by atoms with Gasteiger partial charge in [-0.1, -0.05) is 18.2 Å². The first-order chi connectivity index (χ1) is 13.7. The van der Waals surface area contributed by atoms with Crippen molar-refractivity contribution in [1.82, 2.24) is 20.5 Å². The molecule has 1 aromatic heterocycles. The van der Waals surface area contributed by atoms with E-state index in [0.29, 0.717) is 19.6 Å². The molecule has 0 saturated carbocycles. The van der Waals surface area contributed by atoms with Gasteiger partial charge < -0.3 is 16.0 Å². The zero-order valence-electron chi connectivity index (χ0n) is 16.0. The lowest BCUT2D eigenvalue weighted by atomic mass is 10.1. The van der Waals surface area contributed by atoms with Crippen LogP contribution in [0.2, 0.25) is 0 Å². The van der Waals surface area contributed by atoms with Crippen molar-refractivity contribution in [3.8, 4) is 0 Å². The molecule has 1 aliphatic heterocycles. The van der Waals surface area contributed by atoms with Gasteiger partial charge in [0.1, 0.15) is 0 Å². The number of anilines is 1. The summed E-state index contributed by atoms with van der Waals surface area (Å²) >= 11 is 0. The van der Waals surface area contributed by atoms with Gasteiger partial charge in [-0.2, -0.15) is 0 Å². The molecule has 1 fully saturated rings. The van der Waals surface area contributed by atoms with Gasteiger partial charge in [-0.3, -0.25) is 14.7 Å². The molecule has 3 amide bonds. The Morgan fingerprint density at radius 2 is 2.00 bits per heavy atom. The van der Waals surface area contributed by atoms with Crippen molar-refractivity contribution < 1.29 is 9.59 Å². The highest BCUT2D eigenvalue weighted by Gasteiger charge is 2.15. The van der Waals surface area contributed by atoms with Crippen LogP contribution in [0.3, 0.4) is 0 Å². The van der Waals surface area contributed by atoms with Crippen LogP contribution in [-0.2, 0) is 17.6 Å². The third kappa shape index (κ3) is 6.66. The van der Waals surface area contributed by atoms with Crippen LogP contribution in [0.15, 0.2) is 48.7 Å². The molecule has 0 bridgehead atoms. The van der Waals surface area contributed by atoms with E-state index in [0.717, 1.165) is 43.7 Å². The van der Waals surface area contributed by atoms with Crippen LogP contribution < -0.4 is 16.0 Å². The molecule has 28 heavy (non-hydrogen) atoms. The minimum absolute atomic E-state index is 0.0698. The highest BCUT2D eigenvalue weighted by Crippen LogP contribution is 2.11. The molecular weight excluding hydrogens is 354 g/mol. The second-order valence-corrected chi connectivity index (χ2v) is 6.88. The van der Waals surface area contributed by atoms with Crippen molar-refractivity contribution in [2.24, 2.45) is 0 Å². The van der Waals surface area contributed by atoms with Crippen molar-refractivity contribution in [2.45, 2.75) is 19.3 Å². The highest BCUT2D eigenvalue weighted by molar-refractivity contribution is 5.89. The Kier molecular flexibility index (Phi) is 7.37. The van der Waals surface area contributed by atoms with Crippen molar-refractivity contribution in [1.29, 1.82) is 0 Å². The van der Waals surface area contributed by atoms with Gasteiger partial charge in [-0.15, -0.1) is 0 Å². The third-order valence-electron chi connectivity index (χ3n) is 4.66. The average Bonchev–Trinajstić information content (AvgIpc) is 2.72. The molecule has 0 aliphatic carbocycles. The van der Waals surface area contributed by atoms with Crippen molar-refractivity contribution in [2.75, 3.05) is 38.0 Å². The zero-order chi connectivity index (χ0) is 19.6. The normalized spacial score (nSPS) is 14.4. The number of aryl methyl sites for hydroxylation is 2. The average molecular weight is 381 g/mol. The lowest BCUT2D eigenvalue weighted by Gasteiger charge is -2.26. The SMILES string of the molecule is O=C1CN(CCCNC(=O)Nc2ccc(CCc3ccccn3)cc2)CCN1. The fourth-order valence-corrected chi connectivity index (χ4v) is 3.14. The molecule has 148 valence electrons. The first-order valence-electron chi connectivity index (χ1n) is 9.72. The lowest BCUT2D eigenvalue weighted by Crippen LogP contribution is -2.48. The summed E-state index contributed by atoms with van der Waals surface area (Å²) in [4.78, 5) is 29.8. The van der Waals surface area contributed by atoms with Gasteiger partial charge in [0.05, 0.1) is 6.54 Å². The number of carbonyl (C=O) groups excluding carboxylic acids is 2. The van der Waals surface area contributed by atoms with Crippen molar-refractivity contribution in [3.63, 3.8) is 0 Å². The molecular formula is C21H27N5O2. The number of amides is 3. The summed E-state index contributed by atoms with van der Waals surface area (Å²) in [5.41, 5.74) is 3.06. The van der Waals surface area contributed by atoms with E-state index in [1.807, 2.05) is 48.7 Å². The van der Waals surface area contributed by atoms with Gasteiger partial charge in [-0.05, 0) is 49.1 Å². The number of nitrogens with zero attached hydrogens (tertiary/aromatic N) is 2. The maximum atomic E-state index is 12.0. The molecule has 3 N–H and O–H groups in total. The number of nitrogens with one attached hydrogen (secondary N) is 3. The summed E-state index contributed by atoms with van der Waals surface area (Å²) < 4.78 is 0. The van der Waals surface area contributed by atoms with E-state index in [1.54, 1.807) is 0 Å². The number of hydrogen-bond donors (Lipinski definition) is 3. The van der Waals surface area contributed by atoms with Crippen LogP contribution in [-0.4, -0.2) is 54.5 Å². The predicted molar refractivity (Wildman–Crippen MR) is 109 cm³/mol. The third-order valence-corrected chi connectivity index (χ3v) is 4.66. The number of piperazine rings is 1. The van der Waals surface area contributed by atoms with E-state index in [2.05, 4.69) is 25.8 Å². The first-order valence-corrected chi connectivity index (χ1v) is 9.72. The first kappa shape index (κ1) is 19.8. The molecule has 0 radical (unpaired) electrons. The summed E-state index contributed by atoms with van der Waals surface area (Å²) in [6, 6.07) is 13.6. The minimum atomic E-state index is -0.211. The fraction of sp³-hybridized carbons (Fsp3) is 0.381. The van der Waals surface area contributed by atoms with E-state index in [4.69, 9.17) is 0 Å². The molecule has 0 atom stereocenters. The van der Waals surface area contributed by atoms with Gasteiger partial charge in [0.2, 0.25) is 5.91 Å². The summed E-state index contributed by atoms with van der Waals surface area (Å²) in [7, 11) is 0. The fourth-order valence-electron chi connectivity index (χ4n) is 3.14. The molecule has 1 saturated heterocycles. The van der Waals surface area contributed by atoms with Crippen LogP contribution in [0.1, 0.15) is 17.7 Å². The number of aromatic nitrogens is 1. The van der Waals surface area contributed by atoms with E-state index in [1.165, 1.54) is 5.56 Å². The summed E-state index contributed by atoms with van der Waals surface area (Å²) in [5, 5.41) is 8.51. The largest absolute Gasteiger partial charge is 0.354 e. The number of urea groups is 1. The second-order valence-electron chi connectivity index (χ2n) is 6.88. The summed E-state index contributed by atoms with van der Waals surface area (Å²) in [5.74, 6) is 0.0698. The van der Waals surface area contributed by atoms with E-state index in [-0.39, 0.29) is 11.9 Å². The standard InChI is InChI=1S/C21H27N5O2/c27-20-16-26(15-13-23-20)14-3-12-24-21(28)25-19-9-6-17(7-10-19)5-8-18-4-1-2-11-22-18/h1-2,4,6-7,9-11H,3,5,8,12-16H2,(H,23,27)(H2,24,25,28). The highest BCUT2D eigenvalue weighted by atomic mass is 16.2. The maximum Gasteiger partial charge on any atom is 0.319 e. The van der Waals surface area contributed by atoms with Crippen LogP contribution in [0.5, 0.6) is 0 Å². The molecule has 1 aromatic carbocycles. The smallest absolute Gasteiger partial charge is 0.319 e. The van der Waals surface area contributed by atoms with Gasteiger partial charge >= 0.3 is 6.03 Å². The van der Waals surface area contributed by atoms with Crippen LogP contribution >= 0.6 is 0 Å². The maximum absolute atomic E-state index is 12.0. The topological polar surface area (TPSA) is 86.4 Å². The van der Waals surface area contributed by atoms with Crippen LogP contribution in [0, 0.1) is 0 Å². The predicted octanol–water partition coefficient (Wildman–Crippen LogP) is 1.81. The molecule has 0 unspecified atom stereocenters. The minimum Gasteiger partial charge on any atom is -0.354 e. The lowest BCUT2D eigenvalue weighted by molar-refractivity contribution is -0.124. The molecule has 2 heterocycles. The number of rotatable bonds is 8. The Hall–Kier alpha value is -2.93. The molecule has 1 aliphatic rings. The van der Waals surface area contributed by atoms with Gasteiger partial charge in [-0.25, -0.2) is 4.79 Å². The Bertz CT molecular complexity index is 764. The molecule has 3 rings (SSSR count). The van der Waals surface area contributed by atoms with Gasteiger partial charge in [0, 0.05) is 43.8 Å². The molecule has 0 spiro atoms. The van der Waals surface area contributed by atoms with Gasteiger partial charge in [0.25, 0.3) is 0 Å². The van der Waals surface area contributed by atoms with Gasteiger partial charge in [0.15, 0.2) is 0 Å². The summed E-state index contributed by atoms with van der Waals surface area (Å²) in [6.45, 7) is 3.39. The van der Waals surface area contributed by atoms with Crippen molar-refractivity contribution in [3.05, 3.63) is 59.9 Å². The van der Waals surface area contributed by atoms with E-state index < -0.39 is 0 Å². The monoisotopic (exact) mass is 381 g/mol. The Balaban J connectivity index is 1.33. The number of hydrogen-bond acceptors (Lipinski definition) is 4. The van der Waals surface area contributed by atoms with Crippen molar-refractivity contribution >= 4 is 17.6 Å². The van der Waals surface area contributed by atoms with Crippen LogP contribution in [0.4, 0.5) is 10.5 Å². The Morgan fingerprint density at radius 3 is 2.75 bits per heavy atom. The number of benzene rings is 1. The molecule has 7 heteroatoms. The molecule has 7 nitrogen and oxygen atoms in total. The number of carbonyl (C=O) groups is 2. The quantitative estimate of drug-likeness (QED) is 0.609. The zero-order valence-corrected chi connectivity index (χ0v) is 16.0. The number of pyridine rings is 1. The molecule has 2 aromatic rings. The second kappa shape index (κ2) is 10.4. The summed E-state index contributed by atoms with van der Waals surface area (Å²) in [6.07, 6.45) is 4.43. The Morgan fingerprint density at radius 1 is 1.14 bits per heavy atom. The van der Waals surface area contributed by atoms with E-state index >= 15 is 0 Å².